The number of ether oxygens (including phenoxy) is 2. The molecule has 4 fully saturated rings. The number of Topliss-reactive ketones (excluding diaryl/α,β-unsaturated/α-hetero) is 1. The molecule has 10 atom stereocenters. The second-order valence-corrected chi connectivity index (χ2v) is 17.6. The van der Waals surface area contributed by atoms with Gasteiger partial charge < -0.3 is 50.4 Å². The van der Waals surface area contributed by atoms with Crippen molar-refractivity contribution >= 4 is 56.9 Å². The second-order valence-electron chi connectivity index (χ2n) is 17.1. The Balaban J connectivity index is 1.06. The Morgan fingerprint density at radius 2 is 1.88 bits per heavy atom. The lowest BCUT2D eigenvalue weighted by Gasteiger charge is -2.59. The van der Waals surface area contributed by atoms with Crippen LogP contribution in [-0.2, 0) is 51.4 Å². The molecule has 2 aromatic rings. The molecule has 7 N–H and O–H groups in total. The number of ketones is 2. The van der Waals surface area contributed by atoms with Crippen LogP contribution in [0, 0.1) is 28.6 Å². The maximum Gasteiger partial charge on any atom is 0.303 e. The molecule has 1 aromatic carbocycles. The third-order valence-corrected chi connectivity index (χ3v) is 14.2. The smallest absolute Gasteiger partial charge is 0.303 e. The van der Waals surface area contributed by atoms with Crippen molar-refractivity contribution in [3.05, 3.63) is 77.2 Å². The molecule has 4 aliphatic carbocycles. The number of amides is 3. The van der Waals surface area contributed by atoms with E-state index in [0.29, 0.717) is 36.1 Å². The standard InChI is InChI=1S/C43H51BrN4O12/c1-41-11-9-27(51)14-26(41)5-6-28-29-15-34-43(33(53)22-50,42(29,2)16-32(52)38(28)41)60-40(59-34)24-10-12-48(20-24)19-23-3-4-25(21-49)31(13-23)47-39(58)30(7-8-37(56)57)46-36(55)18-45-35(54)17-44/h3-4,9-14,20,28-30,32,34,38,40,49-50,52H,5-8,15-19,21-22H2,1-2H3,(H,45,54)(H,46,55)(H,47,58)(H,56,57)/t28-,29-,30-,32-,34+,38+,40+,41-,42-,43+/m0/s1. The molecule has 17 heteroatoms. The third kappa shape index (κ3) is 7.79. The van der Waals surface area contributed by atoms with E-state index in [1.54, 1.807) is 36.5 Å². The van der Waals surface area contributed by atoms with Gasteiger partial charge in [0, 0.05) is 58.9 Å². The summed E-state index contributed by atoms with van der Waals surface area (Å²) in [4.78, 5) is 75.0. The number of nitrogens with one attached hydrogen (secondary N) is 3. The zero-order valence-corrected chi connectivity index (χ0v) is 35.0. The number of alkyl halides is 1. The van der Waals surface area contributed by atoms with E-state index in [-0.39, 0.29) is 47.4 Å². The highest BCUT2D eigenvalue weighted by Gasteiger charge is 2.76. The van der Waals surface area contributed by atoms with E-state index in [9.17, 15) is 49.2 Å². The number of carbonyl (C=O) groups is 6. The van der Waals surface area contributed by atoms with Gasteiger partial charge in [-0.05, 0) is 73.8 Å². The fourth-order valence-corrected chi connectivity index (χ4v) is 11.1. The number of carbonyl (C=O) groups excluding carboxylic acids is 5. The number of aliphatic hydroxyl groups excluding tert-OH is 3. The highest BCUT2D eigenvalue weighted by atomic mass is 79.9. The molecule has 16 nitrogen and oxygen atoms in total. The van der Waals surface area contributed by atoms with E-state index in [1.165, 1.54) is 0 Å². The average Bonchev–Trinajstić information content (AvgIpc) is 3.91. The zero-order valence-electron chi connectivity index (χ0n) is 33.4. The summed E-state index contributed by atoms with van der Waals surface area (Å²) < 4.78 is 15.2. The van der Waals surface area contributed by atoms with Gasteiger partial charge in [-0.15, -0.1) is 0 Å². The maximum atomic E-state index is 14.0. The maximum absolute atomic E-state index is 14.0. The highest BCUT2D eigenvalue weighted by Crippen LogP contribution is 2.70. The molecule has 60 heavy (non-hydrogen) atoms. The van der Waals surface area contributed by atoms with Gasteiger partial charge in [-0.25, -0.2) is 0 Å². The molecule has 7 rings (SSSR count). The van der Waals surface area contributed by atoms with Crippen molar-refractivity contribution in [2.24, 2.45) is 28.6 Å². The summed E-state index contributed by atoms with van der Waals surface area (Å²) >= 11 is 2.98. The Morgan fingerprint density at radius 1 is 1.10 bits per heavy atom. The average molecular weight is 896 g/mol. The summed E-state index contributed by atoms with van der Waals surface area (Å²) in [7, 11) is 0. The van der Waals surface area contributed by atoms with Crippen LogP contribution in [0.2, 0.25) is 0 Å². The number of hydrogen-bond donors (Lipinski definition) is 7. The Morgan fingerprint density at radius 3 is 2.60 bits per heavy atom. The van der Waals surface area contributed by atoms with Gasteiger partial charge in [-0.3, -0.25) is 28.8 Å². The fourth-order valence-electron chi connectivity index (χ4n) is 10.9. The van der Waals surface area contributed by atoms with Gasteiger partial charge in [0.25, 0.3) is 0 Å². The number of allylic oxidation sites excluding steroid dienone is 4. The molecule has 1 aromatic heterocycles. The molecular weight excluding hydrogens is 844 g/mol. The molecule has 3 saturated carbocycles. The molecule has 5 aliphatic rings. The number of carboxylic acids is 1. The Bertz CT molecular complexity index is 2140. The lowest BCUT2D eigenvalue weighted by Crippen LogP contribution is -2.63. The van der Waals surface area contributed by atoms with E-state index in [4.69, 9.17) is 9.47 Å². The van der Waals surface area contributed by atoms with Crippen LogP contribution < -0.4 is 16.0 Å². The first-order valence-corrected chi connectivity index (χ1v) is 21.3. The van der Waals surface area contributed by atoms with Gasteiger partial charge in [0.2, 0.25) is 17.7 Å². The van der Waals surface area contributed by atoms with E-state index >= 15 is 0 Å². The van der Waals surface area contributed by atoms with Crippen molar-refractivity contribution in [1.82, 2.24) is 15.2 Å². The van der Waals surface area contributed by atoms with Crippen molar-refractivity contribution in [1.29, 1.82) is 0 Å². The molecule has 0 spiro atoms. The fraction of sp³-hybridized carbons (Fsp3) is 0.535. The number of aromatic nitrogens is 1. The van der Waals surface area contributed by atoms with E-state index in [2.05, 4.69) is 38.8 Å². The number of anilines is 1. The number of halogens is 1. The lowest BCUT2D eigenvalue weighted by molar-refractivity contribution is -0.201. The quantitative estimate of drug-likeness (QED) is 0.128. The van der Waals surface area contributed by atoms with Crippen LogP contribution in [-0.4, -0.2) is 103 Å². The van der Waals surface area contributed by atoms with Gasteiger partial charge in [-0.2, -0.15) is 0 Å². The van der Waals surface area contributed by atoms with Crippen molar-refractivity contribution in [2.75, 3.05) is 23.8 Å². The number of aliphatic hydroxyl groups is 3. The normalized spacial score (nSPS) is 31.8. The van der Waals surface area contributed by atoms with Crippen LogP contribution in [0.25, 0.3) is 0 Å². The van der Waals surface area contributed by atoms with E-state index in [1.807, 2.05) is 29.8 Å². The minimum absolute atomic E-state index is 0.0268. The van der Waals surface area contributed by atoms with Gasteiger partial charge in [0.1, 0.15) is 12.6 Å². The Labute approximate surface area is 354 Å². The predicted octanol–water partition coefficient (Wildman–Crippen LogP) is 2.43. The Kier molecular flexibility index (Phi) is 12.4. The van der Waals surface area contributed by atoms with Crippen molar-refractivity contribution in [3.63, 3.8) is 0 Å². The summed E-state index contributed by atoms with van der Waals surface area (Å²) in [6.07, 6.45) is 8.00. The summed E-state index contributed by atoms with van der Waals surface area (Å²) in [5, 5.41) is 49.1. The molecule has 1 saturated heterocycles. The molecule has 0 radical (unpaired) electrons. The first-order chi connectivity index (χ1) is 28.6. The SMILES string of the molecule is C[C@]12C=CC(=O)C=C1CC[C@@H]1[C@@H]2[C@@H](O)C[C@@]2(C)[C@H]1C[C@H]1O[C@@H](c3ccn(Cc4ccc(CO)c(NC(=O)[C@H](CCC(=O)O)NC(=O)CNC(=O)CBr)c4)c3)O[C@]12C(=O)CO. The van der Waals surface area contributed by atoms with Crippen molar-refractivity contribution < 1.29 is 58.7 Å². The molecule has 0 bridgehead atoms. The second kappa shape index (κ2) is 17.1. The van der Waals surface area contributed by atoms with Crippen molar-refractivity contribution in [2.45, 2.75) is 95.7 Å². The van der Waals surface area contributed by atoms with Crippen LogP contribution in [0.4, 0.5) is 5.69 Å². The van der Waals surface area contributed by atoms with Crippen LogP contribution in [0.15, 0.2) is 60.5 Å². The van der Waals surface area contributed by atoms with Crippen LogP contribution >= 0.6 is 15.9 Å². The van der Waals surface area contributed by atoms with Gasteiger partial charge in [0.05, 0.1) is 30.7 Å². The number of rotatable bonds is 15. The largest absolute Gasteiger partial charge is 0.481 e. The monoisotopic (exact) mass is 894 g/mol. The number of benzene rings is 1. The van der Waals surface area contributed by atoms with E-state index < -0.39 is 96.6 Å². The first kappa shape index (κ1) is 43.6. The number of fused-ring (bicyclic) bond motifs is 7. The minimum atomic E-state index is -1.50. The summed E-state index contributed by atoms with van der Waals surface area (Å²) in [5.41, 5.74) is 0.151. The summed E-state index contributed by atoms with van der Waals surface area (Å²) in [5.74, 6) is -3.73. The molecular formula is C43H51BrN4O12. The van der Waals surface area contributed by atoms with Gasteiger partial charge in [-0.1, -0.05) is 53.6 Å². The number of carboxylic acid groups (broad SMARTS) is 1. The van der Waals surface area contributed by atoms with Crippen LogP contribution in [0.3, 0.4) is 0 Å². The first-order valence-electron chi connectivity index (χ1n) is 20.2. The molecule has 0 unspecified atom stereocenters. The Hall–Kier alpha value is -4.52. The van der Waals surface area contributed by atoms with Crippen LogP contribution in [0.1, 0.15) is 75.4 Å². The molecule has 1 aliphatic heterocycles. The predicted molar refractivity (Wildman–Crippen MR) is 217 cm³/mol. The van der Waals surface area contributed by atoms with Crippen molar-refractivity contribution in [3.8, 4) is 0 Å². The topological polar surface area (TPSA) is 243 Å². The van der Waals surface area contributed by atoms with Crippen LogP contribution in [0.5, 0.6) is 0 Å². The highest BCUT2D eigenvalue weighted by molar-refractivity contribution is 9.09. The summed E-state index contributed by atoms with van der Waals surface area (Å²) in [6.45, 7) is 2.77. The molecule has 3 amide bonds. The third-order valence-electron chi connectivity index (χ3n) is 13.7. The lowest BCUT2D eigenvalue weighted by atomic mass is 9.46. The van der Waals surface area contributed by atoms with Gasteiger partial charge in [0.15, 0.2) is 23.5 Å². The molecule has 2 heterocycles. The summed E-state index contributed by atoms with van der Waals surface area (Å²) in [6, 6.07) is 5.62. The minimum Gasteiger partial charge on any atom is -0.481 e. The number of aliphatic carboxylic acids is 1. The van der Waals surface area contributed by atoms with E-state index in [0.717, 1.165) is 12.0 Å². The number of hydrogen-bond acceptors (Lipinski definition) is 11. The zero-order chi connectivity index (χ0) is 43.1. The van der Waals surface area contributed by atoms with Gasteiger partial charge >= 0.3 is 5.97 Å². The molecule has 322 valence electrons. The number of nitrogens with zero attached hydrogens (tertiary/aromatic N) is 1.